The number of aromatic nitrogens is 1. The first-order valence-electron chi connectivity index (χ1n) is 6.68. The predicted octanol–water partition coefficient (Wildman–Crippen LogP) is 2.81. The molecule has 4 nitrogen and oxygen atoms in total. The normalized spacial score (nSPS) is 19.2. The first kappa shape index (κ1) is 13.3. The average Bonchev–Trinajstić information content (AvgIpc) is 2.63. The second kappa shape index (κ2) is 6.18. The lowest BCUT2D eigenvalue weighted by molar-refractivity contribution is 0.0919. The highest BCUT2D eigenvalue weighted by Gasteiger charge is 2.21. The molecule has 1 aliphatic rings. The minimum atomic E-state index is -0.0975. The Hall–Kier alpha value is -1.10. The molecule has 2 rings (SSSR count). The van der Waals surface area contributed by atoms with E-state index >= 15 is 0 Å². The van der Waals surface area contributed by atoms with Gasteiger partial charge < -0.3 is 11.1 Å². The third-order valence-corrected chi connectivity index (χ3v) is 4.39. The summed E-state index contributed by atoms with van der Waals surface area (Å²) in [5.74, 6) is 0.507. The van der Waals surface area contributed by atoms with Crippen LogP contribution in [0.15, 0.2) is 5.38 Å². The molecule has 5 heteroatoms. The van der Waals surface area contributed by atoms with Crippen LogP contribution in [0, 0.1) is 5.92 Å². The monoisotopic (exact) mass is 267 g/mol. The van der Waals surface area contributed by atoms with E-state index < -0.39 is 0 Å². The Kier molecular flexibility index (Phi) is 4.58. The van der Waals surface area contributed by atoms with Gasteiger partial charge in [-0.15, -0.1) is 11.3 Å². The molecule has 1 aliphatic carbocycles. The van der Waals surface area contributed by atoms with Crippen LogP contribution < -0.4 is 11.1 Å². The molecule has 1 atom stereocenters. The Labute approximate surface area is 112 Å². The summed E-state index contributed by atoms with van der Waals surface area (Å²) >= 11 is 1.30. The van der Waals surface area contributed by atoms with Crippen LogP contribution >= 0.6 is 11.3 Å². The van der Waals surface area contributed by atoms with Crippen molar-refractivity contribution in [2.45, 2.75) is 51.5 Å². The van der Waals surface area contributed by atoms with Crippen LogP contribution in [-0.2, 0) is 0 Å². The van der Waals surface area contributed by atoms with E-state index in [9.17, 15) is 4.79 Å². The molecule has 100 valence electrons. The molecular weight excluding hydrogens is 246 g/mol. The number of carbonyl (C=O) groups is 1. The summed E-state index contributed by atoms with van der Waals surface area (Å²) in [4.78, 5) is 16.0. The number of hydrogen-bond donors (Lipinski definition) is 2. The number of thiazole rings is 1. The zero-order valence-electron chi connectivity index (χ0n) is 10.8. The summed E-state index contributed by atoms with van der Waals surface area (Å²) in [6.07, 6.45) is 7.68. The lowest BCUT2D eigenvalue weighted by atomic mass is 9.93. The Morgan fingerprint density at radius 1 is 1.44 bits per heavy atom. The molecule has 0 saturated heterocycles. The van der Waals surface area contributed by atoms with Crippen molar-refractivity contribution in [2.24, 2.45) is 5.92 Å². The molecule has 1 aromatic heterocycles. The fourth-order valence-corrected chi connectivity index (χ4v) is 3.14. The van der Waals surface area contributed by atoms with Gasteiger partial charge in [-0.25, -0.2) is 4.98 Å². The van der Waals surface area contributed by atoms with E-state index in [1.807, 2.05) is 0 Å². The van der Waals surface area contributed by atoms with Gasteiger partial charge in [0.1, 0.15) is 5.69 Å². The SMILES string of the molecule is C[C@@H](NC(=O)c1csc(N)n1)C1CCCCCC1. The van der Waals surface area contributed by atoms with Gasteiger partial charge in [-0.3, -0.25) is 4.79 Å². The lowest BCUT2D eigenvalue weighted by Gasteiger charge is -2.23. The number of nitrogens with zero attached hydrogens (tertiary/aromatic N) is 1. The van der Waals surface area contributed by atoms with Gasteiger partial charge in [0.05, 0.1) is 0 Å². The number of nitrogen functional groups attached to an aromatic ring is 1. The average molecular weight is 267 g/mol. The Morgan fingerprint density at radius 3 is 2.67 bits per heavy atom. The molecule has 1 amide bonds. The molecule has 0 bridgehead atoms. The summed E-state index contributed by atoms with van der Waals surface area (Å²) in [5, 5.41) is 5.22. The maximum atomic E-state index is 12.0. The van der Waals surface area contributed by atoms with Crippen LogP contribution in [0.4, 0.5) is 5.13 Å². The van der Waals surface area contributed by atoms with Gasteiger partial charge in [0.15, 0.2) is 5.13 Å². The predicted molar refractivity (Wildman–Crippen MR) is 74.6 cm³/mol. The zero-order chi connectivity index (χ0) is 13.0. The molecule has 0 spiro atoms. The van der Waals surface area contributed by atoms with E-state index in [4.69, 9.17) is 5.73 Å². The minimum Gasteiger partial charge on any atom is -0.375 e. The number of nitrogens with two attached hydrogens (primary N) is 1. The Balaban J connectivity index is 1.89. The maximum absolute atomic E-state index is 12.0. The van der Waals surface area contributed by atoms with Crippen LogP contribution in [0.3, 0.4) is 0 Å². The number of carbonyl (C=O) groups excluding carboxylic acids is 1. The molecule has 1 heterocycles. The van der Waals surface area contributed by atoms with Crippen molar-refractivity contribution in [3.8, 4) is 0 Å². The topological polar surface area (TPSA) is 68.0 Å². The van der Waals surface area contributed by atoms with Crippen LogP contribution in [-0.4, -0.2) is 16.9 Å². The first-order valence-corrected chi connectivity index (χ1v) is 7.56. The van der Waals surface area contributed by atoms with Crippen LogP contribution in [0.1, 0.15) is 55.9 Å². The quantitative estimate of drug-likeness (QED) is 0.827. The van der Waals surface area contributed by atoms with Crippen molar-refractivity contribution in [3.05, 3.63) is 11.1 Å². The van der Waals surface area contributed by atoms with Gasteiger partial charge in [-0.1, -0.05) is 25.7 Å². The summed E-state index contributed by atoms with van der Waals surface area (Å²) < 4.78 is 0. The van der Waals surface area contributed by atoms with E-state index in [2.05, 4.69) is 17.2 Å². The van der Waals surface area contributed by atoms with Crippen LogP contribution in [0.25, 0.3) is 0 Å². The first-order chi connectivity index (χ1) is 8.66. The highest BCUT2D eigenvalue weighted by Crippen LogP contribution is 2.25. The standard InChI is InChI=1S/C13H21N3OS/c1-9(10-6-4-2-3-5-7-10)15-12(17)11-8-18-13(14)16-11/h8-10H,2-7H2,1H3,(H2,14,16)(H,15,17)/t9-/m1/s1. The molecule has 0 aromatic carbocycles. The van der Waals surface area contributed by atoms with E-state index in [1.165, 1.54) is 49.9 Å². The van der Waals surface area contributed by atoms with Crippen LogP contribution in [0.2, 0.25) is 0 Å². The zero-order valence-corrected chi connectivity index (χ0v) is 11.6. The van der Waals surface area contributed by atoms with Gasteiger partial charge >= 0.3 is 0 Å². The molecule has 0 radical (unpaired) electrons. The highest BCUT2D eigenvalue weighted by molar-refractivity contribution is 7.13. The smallest absolute Gasteiger partial charge is 0.271 e. The summed E-state index contributed by atoms with van der Waals surface area (Å²) in [5.41, 5.74) is 5.98. The lowest BCUT2D eigenvalue weighted by Crippen LogP contribution is -2.38. The van der Waals surface area contributed by atoms with Gasteiger partial charge in [0, 0.05) is 11.4 Å². The summed E-state index contributed by atoms with van der Waals surface area (Å²) in [6, 6.07) is 0.221. The van der Waals surface area contributed by atoms with Crippen LogP contribution in [0.5, 0.6) is 0 Å². The fraction of sp³-hybridized carbons (Fsp3) is 0.692. The maximum Gasteiger partial charge on any atom is 0.271 e. The number of nitrogens with one attached hydrogen (secondary N) is 1. The Morgan fingerprint density at radius 2 is 2.11 bits per heavy atom. The van der Waals surface area contributed by atoms with Crippen molar-refractivity contribution in [1.29, 1.82) is 0 Å². The van der Waals surface area contributed by atoms with Crippen molar-refractivity contribution >= 4 is 22.4 Å². The van der Waals surface area contributed by atoms with Crippen molar-refractivity contribution in [1.82, 2.24) is 10.3 Å². The van der Waals surface area contributed by atoms with Gasteiger partial charge in [0.25, 0.3) is 5.91 Å². The summed E-state index contributed by atoms with van der Waals surface area (Å²) in [6.45, 7) is 2.10. The van der Waals surface area contributed by atoms with Crippen molar-refractivity contribution in [3.63, 3.8) is 0 Å². The molecule has 3 N–H and O–H groups in total. The number of rotatable bonds is 3. The number of hydrogen-bond acceptors (Lipinski definition) is 4. The van der Waals surface area contributed by atoms with E-state index in [0.29, 0.717) is 16.7 Å². The Bertz CT molecular complexity index is 397. The third-order valence-electron chi connectivity index (χ3n) is 3.72. The molecule has 18 heavy (non-hydrogen) atoms. The third kappa shape index (κ3) is 3.45. The number of amides is 1. The molecule has 0 aliphatic heterocycles. The van der Waals surface area contributed by atoms with E-state index in [1.54, 1.807) is 5.38 Å². The highest BCUT2D eigenvalue weighted by atomic mass is 32.1. The van der Waals surface area contributed by atoms with Crippen molar-refractivity contribution in [2.75, 3.05) is 5.73 Å². The largest absolute Gasteiger partial charge is 0.375 e. The van der Waals surface area contributed by atoms with Gasteiger partial charge in [-0.2, -0.15) is 0 Å². The molecule has 1 saturated carbocycles. The molecule has 1 aromatic rings. The van der Waals surface area contributed by atoms with Gasteiger partial charge in [-0.05, 0) is 25.7 Å². The van der Waals surface area contributed by atoms with Gasteiger partial charge in [0.2, 0.25) is 0 Å². The van der Waals surface area contributed by atoms with E-state index in [-0.39, 0.29) is 11.9 Å². The second-order valence-electron chi connectivity index (χ2n) is 5.08. The van der Waals surface area contributed by atoms with E-state index in [0.717, 1.165) is 0 Å². The second-order valence-corrected chi connectivity index (χ2v) is 5.97. The number of anilines is 1. The molecule has 0 unspecified atom stereocenters. The summed E-state index contributed by atoms with van der Waals surface area (Å²) in [7, 11) is 0. The molecular formula is C13H21N3OS. The van der Waals surface area contributed by atoms with Crippen molar-refractivity contribution < 1.29 is 4.79 Å². The fourth-order valence-electron chi connectivity index (χ4n) is 2.60. The molecule has 1 fully saturated rings. The minimum absolute atomic E-state index is 0.0975.